The molecule has 1 fully saturated rings. The van der Waals surface area contributed by atoms with Gasteiger partial charge in [-0.2, -0.15) is 0 Å². The molecule has 0 atom stereocenters. The number of aromatic nitrogens is 6. The van der Waals surface area contributed by atoms with Gasteiger partial charge in [-0.1, -0.05) is 367 Å². The summed E-state index contributed by atoms with van der Waals surface area (Å²) in [5.74, 6) is 3.91. The molecule has 0 amide bonds. The van der Waals surface area contributed by atoms with Crippen LogP contribution in [0.25, 0.3) is 190 Å². The maximum absolute atomic E-state index is 6.66. The molecule has 1 aliphatic heterocycles. The van der Waals surface area contributed by atoms with E-state index in [4.69, 9.17) is 48.0 Å². The van der Waals surface area contributed by atoms with Crippen molar-refractivity contribution in [1.29, 1.82) is 0 Å². The lowest BCUT2D eigenvalue weighted by molar-refractivity contribution is 0.00578. The van der Waals surface area contributed by atoms with E-state index in [1.807, 2.05) is 164 Å². The highest BCUT2D eigenvalue weighted by molar-refractivity contribution is 9.10. The first-order valence-corrected chi connectivity index (χ1v) is 43.7. The van der Waals surface area contributed by atoms with Crippen molar-refractivity contribution in [1.82, 2.24) is 29.9 Å². The Hall–Kier alpha value is -14.4. The van der Waals surface area contributed by atoms with Gasteiger partial charge in [0.25, 0.3) is 0 Å². The molecule has 0 bridgehead atoms. The number of halogens is 1. The van der Waals surface area contributed by atoms with Gasteiger partial charge in [0, 0.05) is 81.4 Å². The second kappa shape index (κ2) is 32.6. The molecule has 12 heteroatoms. The molecule has 127 heavy (non-hydrogen) atoms. The molecule has 3 aliphatic rings. The van der Waals surface area contributed by atoms with Gasteiger partial charge in [0.05, 0.1) is 11.2 Å². The van der Waals surface area contributed by atoms with Crippen LogP contribution in [0.15, 0.2) is 389 Å². The maximum Gasteiger partial charge on any atom is 0.495 e. The Kier molecular flexibility index (Phi) is 20.8. The van der Waals surface area contributed by atoms with E-state index >= 15 is 0 Å². The zero-order valence-electron chi connectivity index (χ0n) is 71.1. The Bertz CT molecular complexity index is 7500. The highest BCUT2D eigenvalue weighted by Gasteiger charge is 2.53. The van der Waals surface area contributed by atoms with Crippen molar-refractivity contribution in [2.75, 3.05) is 0 Å². The van der Waals surface area contributed by atoms with E-state index in [0.717, 1.165) is 137 Å². The second-order valence-electron chi connectivity index (χ2n) is 34.7. The van der Waals surface area contributed by atoms with Gasteiger partial charge < -0.3 is 18.1 Å². The van der Waals surface area contributed by atoms with Gasteiger partial charge in [0.1, 0.15) is 22.3 Å². The summed E-state index contributed by atoms with van der Waals surface area (Å²) < 4.78 is 27.5. The van der Waals surface area contributed by atoms with Gasteiger partial charge >= 0.3 is 7.12 Å². The van der Waals surface area contributed by atoms with Crippen LogP contribution in [0.4, 0.5) is 0 Å². The van der Waals surface area contributed by atoms with E-state index in [1.54, 1.807) is 0 Å². The summed E-state index contributed by atoms with van der Waals surface area (Å²) in [5.41, 5.74) is 30.8. The minimum absolute atomic E-state index is 0. The van der Waals surface area contributed by atoms with Crippen LogP contribution in [0.2, 0.25) is 0 Å². The molecule has 1 saturated heterocycles. The first kappa shape index (κ1) is 81.0. The van der Waals surface area contributed by atoms with Gasteiger partial charge in [-0.3, -0.25) is 0 Å². The zero-order valence-corrected chi connectivity index (χ0v) is 72.7. The van der Waals surface area contributed by atoms with E-state index < -0.39 is 18.3 Å². The van der Waals surface area contributed by atoms with E-state index in [-0.39, 0.29) is 18.3 Å². The second-order valence-corrected chi connectivity index (χ2v) is 35.7. The minimum atomic E-state index is -0.482. The topological polar surface area (TPSA) is 122 Å². The van der Waals surface area contributed by atoms with Gasteiger partial charge in [-0.25, -0.2) is 29.9 Å². The molecule has 0 N–H and O–H groups in total. The number of para-hydroxylation sites is 4. The van der Waals surface area contributed by atoms with Crippen molar-refractivity contribution in [2.24, 2.45) is 0 Å². The number of hydrogen-bond acceptors (Lipinski definition) is 10. The molecule has 2 aliphatic carbocycles. The zero-order chi connectivity index (χ0) is 85.6. The normalized spacial score (nSPS) is 14.0. The first-order valence-electron chi connectivity index (χ1n) is 42.9. The quantitative estimate of drug-likeness (QED) is 0.109. The highest BCUT2D eigenvalue weighted by atomic mass is 79.9. The fourth-order valence-corrected chi connectivity index (χ4v) is 18.8. The molecule has 0 unspecified atom stereocenters. The molecular weight excluding hydrogens is 1620 g/mol. The number of rotatable bonds is 12. The summed E-state index contributed by atoms with van der Waals surface area (Å²) in [6, 6.07) is 131. The number of nitrogens with zero attached hydrogens (tertiary/aromatic N) is 6. The summed E-state index contributed by atoms with van der Waals surface area (Å²) in [7, 11) is -0.482. The number of furan rings is 2. The Morgan fingerprint density at radius 1 is 0.228 bits per heavy atom. The van der Waals surface area contributed by atoms with Crippen LogP contribution < -0.4 is 5.46 Å². The monoisotopic (exact) mass is 1710 g/mol. The fraction of sp³-hybridized carbons (Fsp3) is 0.113. The lowest BCUT2D eigenvalue weighted by Crippen LogP contribution is -2.41. The third-order valence-corrected chi connectivity index (χ3v) is 26.2. The fourth-order valence-electron chi connectivity index (χ4n) is 18.4. The molecule has 0 radical (unpaired) electrons. The van der Waals surface area contributed by atoms with Crippen LogP contribution in [0, 0.1) is 0 Å². The summed E-state index contributed by atoms with van der Waals surface area (Å²) in [6.45, 7) is 17.8. The SMILES string of the molecule is Brc1cccc(-c2cccc(-c3nc(-c4ccccc4)nc(-c4ccccc4)n3)c2)c1.C.CC1(C)c2ccccc2-c2cc(-c3cccc4c3oc3ccccc34)c(-c3cccc(-c4cccc(-c5nc(-c6ccccc6)nc(-c6ccccc6)n5)c4)c3)cc21.CC1(C)c2ccccc2-c2cc(-c3cccc4c3oc3ccccc34)c(B3OC(C)(C)C(C)(C)O3)cc21. The summed E-state index contributed by atoms with van der Waals surface area (Å²) >= 11 is 3.56. The average molecular weight is 1710 g/mol. The van der Waals surface area contributed by atoms with Gasteiger partial charge in [-0.15, -0.1) is 0 Å². The summed E-state index contributed by atoms with van der Waals surface area (Å²) in [6.07, 6.45) is 0. The van der Waals surface area contributed by atoms with Crippen LogP contribution in [-0.2, 0) is 20.1 Å². The van der Waals surface area contributed by atoms with Crippen LogP contribution in [0.1, 0.15) is 85.1 Å². The largest absolute Gasteiger partial charge is 0.495 e. The molecular formula is C115H90BBrN6O4. The summed E-state index contributed by atoms with van der Waals surface area (Å²) in [4.78, 5) is 29.3. The van der Waals surface area contributed by atoms with E-state index in [1.165, 1.54) is 50.1 Å². The third-order valence-electron chi connectivity index (χ3n) is 25.7. The Balaban J connectivity index is 0.000000127. The molecule has 5 heterocycles. The number of hydrogen-bond donors (Lipinski definition) is 0. The molecule has 10 nitrogen and oxygen atoms in total. The maximum atomic E-state index is 6.66. The van der Waals surface area contributed by atoms with Crippen molar-refractivity contribution in [3.8, 4) is 146 Å². The average Bonchev–Trinajstić information content (AvgIpc) is 1.56. The van der Waals surface area contributed by atoms with E-state index in [9.17, 15) is 0 Å². The molecule has 20 aromatic rings. The molecule has 16 aromatic carbocycles. The minimum Gasteiger partial charge on any atom is -0.455 e. The first-order chi connectivity index (χ1) is 61.3. The molecule has 0 saturated carbocycles. The molecule has 614 valence electrons. The number of benzene rings is 16. The van der Waals surface area contributed by atoms with E-state index in [2.05, 4.69) is 284 Å². The Morgan fingerprint density at radius 2 is 0.535 bits per heavy atom. The van der Waals surface area contributed by atoms with Crippen LogP contribution in [0.5, 0.6) is 0 Å². The van der Waals surface area contributed by atoms with Gasteiger partial charge in [0.15, 0.2) is 34.9 Å². The van der Waals surface area contributed by atoms with Crippen molar-refractivity contribution in [2.45, 2.75) is 84.8 Å². The predicted octanol–water partition coefficient (Wildman–Crippen LogP) is 29.9. The van der Waals surface area contributed by atoms with Gasteiger partial charge in [-0.05, 0) is 183 Å². The van der Waals surface area contributed by atoms with E-state index in [0.29, 0.717) is 34.9 Å². The molecule has 4 aromatic heterocycles. The predicted molar refractivity (Wildman–Crippen MR) is 526 cm³/mol. The Labute approximate surface area is 749 Å². The van der Waals surface area contributed by atoms with Crippen molar-refractivity contribution in [3.05, 3.63) is 403 Å². The smallest absolute Gasteiger partial charge is 0.455 e. The van der Waals surface area contributed by atoms with Gasteiger partial charge in [0.2, 0.25) is 0 Å². The van der Waals surface area contributed by atoms with Crippen LogP contribution >= 0.6 is 15.9 Å². The molecule has 23 rings (SSSR count). The third kappa shape index (κ3) is 14.8. The lowest BCUT2D eigenvalue weighted by Gasteiger charge is -2.32. The van der Waals surface area contributed by atoms with Crippen molar-refractivity contribution < 1.29 is 18.1 Å². The highest BCUT2D eigenvalue weighted by Crippen LogP contribution is 2.55. The molecule has 0 spiro atoms. The standard InChI is InChI=1S/C54H37N3O.C33H31BO3.C27H18BrN3.CH4/c1-54(2)47-28-11-9-24-40(47)46-32-45(43-27-15-26-42-41-25-10-12-29-49(41)58-50(42)43)44(33-48(46)54)38-22-13-20-36(30-38)37-21-14-23-39(31-37)53-56-51(34-16-5-3-6-17-34)55-52(57-53)35-18-7-4-8-19-35;1-31(2)26-16-9-7-12-20(26)24-18-25(28(19-27(24)31)34-36-32(3,4)33(5,6)37-34)23-15-11-14-22-21-13-8-10-17-29(21)35-30(22)23;28-24-16-8-14-22(18-24)21-13-7-15-23(17-21)27-30-25(19-9-3-1-4-10-19)29-26(31-27)20-11-5-2-6-12-20;/h3-33H,1-2H3;7-19H,1-6H3;1-18H;1H4. The number of fused-ring (bicyclic) bond motifs is 12. The van der Waals surface area contributed by atoms with Crippen LogP contribution in [0.3, 0.4) is 0 Å². The van der Waals surface area contributed by atoms with Crippen molar-refractivity contribution >= 4 is 72.4 Å². The Morgan fingerprint density at radius 3 is 0.969 bits per heavy atom. The lowest BCUT2D eigenvalue weighted by atomic mass is 9.71. The van der Waals surface area contributed by atoms with Crippen molar-refractivity contribution in [3.63, 3.8) is 0 Å². The summed E-state index contributed by atoms with van der Waals surface area (Å²) in [5, 5.41) is 4.49. The van der Waals surface area contributed by atoms with Crippen LogP contribution in [-0.4, -0.2) is 48.2 Å².